The highest BCUT2D eigenvalue weighted by Crippen LogP contribution is 2.46. The van der Waals surface area contributed by atoms with Crippen LogP contribution in [0, 0.1) is 13.1 Å². The maximum atomic E-state index is 8.49. The topological polar surface area (TPSA) is 23.5 Å². The highest BCUT2D eigenvalue weighted by Gasteiger charge is 2.24. The first kappa shape index (κ1) is 30.7. The molecule has 0 amide bonds. The second-order valence-electron chi connectivity index (χ2n) is 13.9. The minimum Gasteiger partial charge on any atom is -0.310 e. The van der Waals surface area contributed by atoms with Crippen molar-refractivity contribution < 1.29 is 0 Å². The summed E-state index contributed by atoms with van der Waals surface area (Å²) in [5.74, 6) is 0. The summed E-state index contributed by atoms with van der Waals surface area (Å²) < 4.78 is 7.03. The van der Waals surface area contributed by atoms with Crippen LogP contribution < -0.4 is 0 Å². The van der Waals surface area contributed by atoms with Crippen molar-refractivity contribution in [3.05, 3.63) is 199 Å². The van der Waals surface area contributed by atoms with Crippen LogP contribution in [0.5, 0.6) is 0 Å². The average molecular weight is 700 g/mol. The van der Waals surface area contributed by atoms with E-state index in [-0.39, 0.29) is 0 Å². The van der Waals surface area contributed by atoms with Gasteiger partial charge in [0.2, 0.25) is 0 Å². The molecule has 0 radical (unpaired) electrons. The van der Waals surface area contributed by atoms with E-state index in [0.717, 1.165) is 82.8 Å². The van der Waals surface area contributed by atoms with Crippen LogP contribution in [0.1, 0.15) is 0 Å². The molecular formula is C50H29N5. The van der Waals surface area contributed by atoms with Gasteiger partial charge in [-0.25, -0.2) is 9.69 Å². The molecule has 0 N–H and O–H groups in total. The number of hydrogen-bond acceptors (Lipinski definition) is 0. The van der Waals surface area contributed by atoms with Gasteiger partial charge in [-0.1, -0.05) is 115 Å². The summed E-state index contributed by atoms with van der Waals surface area (Å²) in [7, 11) is 0. The number of benzene rings is 8. The lowest BCUT2D eigenvalue weighted by atomic mass is 9.98. The zero-order chi connectivity index (χ0) is 36.6. The van der Waals surface area contributed by atoms with Crippen LogP contribution in [-0.4, -0.2) is 13.7 Å². The fourth-order valence-corrected chi connectivity index (χ4v) is 8.88. The molecule has 0 unspecified atom stereocenters. The molecule has 55 heavy (non-hydrogen) atoms. The Labute approximate surface area is 316 Å². The molecule has 5 heteroatoms. The minimum atomic E-state index is 0.575. The largest absolute Gasteiger partial charge is 0.310 e. The SMILES string of the molecule is [C-]#[N+]c1ccc2c(c1)c1ccccc1n2-c1ccccc1-c1c([N+]#[C-])cccc1-n1c2ccccc2c2c(-n3c4ccccc4c4ccccc43)cccc21. The molecule has 3 aromatic heterocycles. The molecule has 0 fully saturated rings. The predicted molar refractivity (Wildman–Crippen MR) is 227 cm³/mol. The Balaban J connectivity index is 1.24. The molecule has 0 saturated carbocycles. The molecule has 11 rings (SSSR count). The fraction of sp³-hybridized carbons (Fsp3) is 0. The third kappa shape index (κ3) is 4.33. The Kier molecular flexibility index (Phi) is 6.61. The van der Waals surface area contributed by atoms with Crippen molar-refractivity contribution in [2.45, 2.75) is 0 Å². The van der Waals surface area contributed by atoms with Crippen LogP contribution in [0.3, 0.4) is 0 Å². The number of hydrogen-bond donors (Lipinski definition) is 0. The maximum Gasteiger partial charge on any atom is 0.197 e. The number of rotatable bonds is 4. The molecule has 0 atom stereocenters. The highest BCUT2D eigenvalue weighted by molar-refractivity contribution is 6.17. The summed E-state index contributed by atoms with van der Waals surface area (Å²) >= 11 is 0. The summed E-state index contributed by atoms with van der Waals surface area (Å²) in [6.45, 7) is 16.2. The molecule has 0 saturated heterocycles. The summed E-state index contributed by atoms with van der Waals surface area (Å²) in [6, 6.07) is 61.2. The van der Waals surface area contributed by atoms with Crippen molar-refractivity contribution in [3.8, 4) is 28.2 Å². The van der Waals surface area contributed by atoms with Crippen LogP contribution >= 0.6 is 0 Å². The van der Waals surface area contributed by atoms with Crippen LogP contribution in [-0.2, 0) is 0 Å². The van der Waals surface area contributed by atoms with Crippen LogP contribution in [0.4, 0.5) is 11.4 Å². The van der Waals surface area contributed by atoms with Gasteiger partial charge in [-0.05, 0) is 71.6 Å². The quantitative estimate of drug-likeness (QED) is 0.163. The lowest BCUT2D eigenvalue weighted by molar-refractivity contribution is 1.16. The van der Waals surface area contributed by atoms with Gasteiger partial charge in [0, 0.05) is 38.2 Å². The van der Waals surface area contributed by atoms with Gasteiger partial charge >= 0.3 is 0 Å². The number of fused-ring (bicyclic) bond motifs is 9. The van der Waals surface area contributed by atoms with E-state index in [1.165, 1.54) is 10.8 Å². The Morgan fingerprint density at radius 3 is 1.49 bits per heavy atom. The molecule has 8 aromatic carbocycles. The van der Waals surface area contributed by atoms with Crippen molar-refractivity contribution in [1.29, 1.82) is 0 Å². The van der Waals surface area contributed by atoms with Gasteiger partial charge in [0.05, 0.1) is 57.6 Å². The Bertz CT molecular complexity index is 3420. The van der Waals surface area contributed by atoms with Crippen molar-refractivity contribution in [1.82, 2.24) is 13.7 Å². The van der Waals surface area contributed by atoms with E-state index in [4.69, 9.17) is 13.1 Å². The fourth-order valence-electron chi connectivity index (χ4n) is 8.88. The van der Waals surface area contributed by atoms with Crippen LogP contribution in [0.2, 0.25) is 0 Å². The van der Waals surface area contributed by atoms with E-state index in [0.29, 0.717) is 11.4 Å². The van der Waals surface area contributed by atoms with E-state index in [9.17, 15) is 0 Å². The molecule has 0 aliphatic rings. The summed E-state index contributed by atoms with van der Waals surface area (Å²) in [4.78, 5) is 7.91. The standard InChI is InChI=1S/C50H29N5/c1-51-32-29-30-45-38(31-32)35-17-5-10-23-42(35)53(45)43-24-11-6-18-36(43)49-39(52-2)20-13-26-46(49)55-44-25-12-7-19-37(44)50-47(27-14-28-48(50)55)54-40-21-8-3-15-33(40)34-16-4-9-22-41(34)54/h3-31H. The molecule has 3 heterocycles. The van der Waals surface area contributed by atoms with Gasteiger partial charge in [0.15, 0.2) is 11.4 Å². The van der Waals surface area contributed by atoms with Crippen molar-refractivity contribution in [2.24, 2.45) is 0 Å². The van der Waals surface area contributed by atoms with E-state index < -0.39 is 0 Å². The van der Waals surface area contributed by atoms with Crippen LogP contribution in [0.15, 0.2) is 176 Å². The van der Waals surface area contributed by atoms with Crippen LogP contribution in [0.25, 0.3) is 103 Å². The molecule has 0 aliphatic carbocycles. The summed E-state index contributed by atoms with van der Waals surface area (Å²) in [5.41, 5.74) is 12.5. The second kappa shape index (κ2) is 11.8. The van der Waals surface area contributed by atoms with Crippen molar-refractivity contribution >= 4 is 76.8 Å². The van der Waals surface area contributed by atoms with Gasteiger partial charge in [0.25, 0.3) is 0 Å². The smallest absolute Gasteiger partial charge is 0.197 e. The summed E-state index contributed by atoms with van der Waals surface area (Å²) in [5, 5.41) is 6.83. The zero-order valence-electron chi connectivity index (χ0n) is 29.5. The molecule has 11 aromatic rings. The molecule has 0 spiro atoms. The third-order valence-electron chi connectivity index (χ3n) is 11.1. The molecule has 5 nitrogen and oxygen atoms in total. The van der Waals surface area contributed by atoms with E-state index in [1.807, 2.05) is 36.4 Å². The predicted octanol–water partition coefficient (Wildman–Crippen LogP) is 13.7. The van der Waals surface area contributed by atoms with Gasteiger partial charge in [-0.3, -0.25) is 0 Å². The number of para-hydroxylation sites is 5. The first-order valence-corrected chi connectivity index (χ1v) is 18.3. The minimum absolute atomic E-state index is 0.575. The van der Waals surface area contributed by atoms with Gasteiger partial charge in [-0.15, -0.1) is 0 Å². The molecule has 0 aliphatic heterocycles. The van der Waals surface area contributed by atoms with Gasteiger partial charge in [-0.2, -0.15) is 0 Å². The Morgan fingerprint density at radius 2 is 0.818 bits per heavy atom. The van der Waals surface area contributed by atoms with Gasteiger partial charge in [0.1, 0.15) is 0 Å². The van der Waals surface area contributed by atoms with E-state index in [2.05, 4.69) is 163 Å². The van der Waals surface area contributed by atoms with E-state index >= 15 is 0 Å². The highest BCUT2D eigenvalue weighted by atomic mass is 15.0. The maximum absolute atomic E-state index is 8.49. The summed E-state index contributed by atoms with van der Waals surface area (Å²) in [6.07, 6.45) is 0. The lowest BCUT2D eigenvalue weighted by Crippen LogP contribution is -2.02. The average Bonchev–Trinajstić information content (AvgIpc) is 3.89. The first-order chi connectivity index (χ1) is 27.2. The zero-order valence-corrected chi connectivity index (χ0v) is 29.5. The van der Waals surface area contributed by atoms with Crippen molar-refractivity contribution in [3.63, 3.8) is 0 Å². The number of aromatic nitrogens is 3. The lowest BCUT2D eigenvalue weighted by Gasteiger charge is -2.20. The molecule has 0 bridgehead atoms. The molecule has 254 valence electrons. The van der Waals surface area contributed by atoms with Crippen molar-refractivity contribution in [2.75, 3.05) is 0 Å². The third-order valence-corrected chi connectivity index (χ3v) is 11.1. The Hall–Kier alpha value is -7.86. The normalized spacial score (nSPS) is 11.6. The Morgan fingerprint density at radius 1 is 0.345 bits per heavy atom. The molecular weight excluding hydrogens is 671 g/mol. The number of nitrogens with zero attached hydrogens (tertiary/aromatic N) is 5. The first-order valence-electron chi connectivity index (χ1n) is 18.3. The van der Waals surface area contributed by atoms with E-state index in [1.54, 1.807) is 0 Å². The second-order valence-corrected chi connectivity index (χ2v) is 13.9. The monoisotopic (exact) mass is 699 g/mol. The van der Waals surface area contributed by atoms with Gasteiger partial charge < -0.3 is 13.7 Å².